The summed E-state index contributed by atoms with van der Waals surface area (Å²) in [4.78, 5) is 25.8. The van der Waals surface area contributed by atoms with Crippen LogP contribution in [0.1, 0.15) is 36.0 Å². The smallest absolute Gasteiger partial charge is 0.322 e. The first kappa shape index (κ1) is 16.1. The van der Waals surface area contributed by atoms with Crippen LogP contribution >= 0.6 is 11.6 Å². The maximum Gasteiger partial charge on any atom is 0.322 e. The van der Waals surface area contributed by atoms with Gasteiger partial charge in [-0.3, -0.25) is 9.69 Å². The number of hydrogen-bond acceptors (Lipinski definition) is 3. The second-order valence-corrected chi connectivity index (χ2v) is 6.54. The first-order valence-electron chi connectivity index (χ1n) is 7.96. The summed E-state index contributed by atoms with van der Waals surface area (Å²) in [7, 11) is 0. The minimum atomic E-state index is -0.189. The molecule has 0 unspecified atom stereocenters. The summed E-state index contributed by atoms with van der Waals surface area (Å²) in [6, 6.07) is 5.25. The molecule has 23 heavy (non-hydrogen) atoms. The van der Waals surface area contributed by atoms with E-state index in [1.165, 1.54) is 0 Å². The average molecular weight is 337 g/mol. The molecule has 2 aliphatic rings. The van der Waals surface area contributed by atoms with Gasteiger partial charge >= 0.3 is 6.03 Å². The molecule has 1 aromatic rings. The first-order valence-corrected chi connectivity index (χ1v) is 8.34. The largest absolute Gasteiger partial charge is 0.349 e. The highest BCUT2D eigenvalue weighted by molar-refractivity contribution is 6.34. The number of nitrogens with one attached hydrogen (secondary N) is 2. The molecule has 4 N–H and O–H groups in total. The van der Waals surface area contributed by atoms with Gasteiger partial charge in [-0.25, -0.2) is 4.79 Å². The van der Waals surface area contributed by atoms with E-state index in [1.807, 2.05) is 0 Å². The average Bonchev–Trinajstić information content (AvgIpc) is 2.96. The predicted molar refractivity (Wildman–Crippen MR) is 89.9 cm³/mol. The Balaban J connectivity index is 1.72. The van der Waals surface area contributed by atoms with Crippen LogP contribution in [-0.4, -0.2) is 37.1 Å². The molecule has 0 spiro atoms. The van der Waals surface area contributed by atoms with Gasteiger partial charge in [-0.1, -0.05) is 11.6 Å². The molecule has 1 heterocycles. The molecule has 0 aromatic heterocycles. The van der Waals surface area contributed by atoms with Gasteiger partial charge in [0.15, 0.2) is 0 Å². The van der Waals surface area contributed by atoms with E-state index in [0.717, 1.165) is 25.7 Å². The maximum atomic E-state index is 12.4. The monoisotopic (exact) mass is 336 g/mol. The van der Waals surface area contributed by atoms with Gasteiger partial charge < -0.3 is 16.4 Å². The van der Waals surface area contributed by atoms with Gasteiger partial charge in [0.1, 0.15) is 0 Å². The third kappa shape index (κ3) is 3.59. The van der Waals surface area contributed by atoms with Crippen LogP contribution in [0.2, 0.25) is 5.02 Å². The highest BCUT2D eigenvalue weighted by atomic mass is 35.5. The van der Waals surface area contributed by atoms with Crippen LogP contribution in [0.25, 0.3) is 0 Å². The number of carbonyl (C=O) groups is 2. The molecule has 0 radical (unpaired) electrons. The van der Waals surface area contributed by atoms with E-state index in [9.17, 15) is 9.59 Å². The summed E-state index contributed by atoms with van der Waals surface area (Å²) in [5, 5.41) is 6.24. The van der Waals surface area contributed by atoms with Crippen molar-refractivity contribution in [1.29, 1.82) is 0 Å². The molecule has 6 nitrogen and oxygen atoms in total. The van der Waals surface area contributed by atoms with Crippen molar-refractivity contribution in [3.8, 4) is 0 Å². The predicted octanol–water partition coefficient (Wildman–Crippen LogP) is 1.87. The van der Waals surface area contributed by atoms with Crippen molar-refractivity contribution in [3.63, 3.8) is 0 Å². The van der Waals surface area contributed by atoms with Crippen LogP contribution in [0.5, 0.6) is 0 Å². The molecule has 1 aromatic carbocycles. The van der Waals surface area contributed by atoms with E-state index < -0.39 is 0 Å². The summed E-state index contributed by atoms with van der Waals surface area (Å²) in [5.74, 6) is -0.136. The zero-order chi connectivity index (χ0) is 16.4. The molecule has 124 valence electrons. The molecular weight excluding hydrogens is 316 g/mol. The Hall–Kier alpha value is -1.79. The van der Waals surface area contributed by atoms with Crippen molar-refractivity contribution in [2.75, 3.05) is 18.0 Å². The van der Waals surface area contributed by atoms with Gasteiger partial charge in [-0.15, -0.1) is 0 Å². The minimum absolute atomic E-state index is 0.136. The summed E-state index contributed by atoms with van der Waals surface area (Å²) in [5.41, 5.74) is 6.97. The van der Waals surface area contributed by atoms with E-state index in [-0.39, 0.29) is 24.0 Å². The molecule has 1 aliphatic carbocycles. The lowest BCUT2D eigenvalue weighted by atomic mass is 9.91. The van der Waals surface area contributed by atoms with Gasteiger partial charge in [-0.2, -0.15) is 0 Å². The van der Waals surface area contributed by atoms with Gasteiger partial charge in [0, 0.05) is 30.7 Å². The van der Waals surface area contributed by atoms with Gasteiger partial charge in [-0.05, 0) is 43.9 Å². The SMILES string of the molecule is NC1CCC(NC(=O)c2ccc(Cl)c(N3CCNC3=O)c2)CC1. The molecule has 1 saturated heterocycles. The number of hydrogen-bond donors (Lipinski definition) is 3. The summed E-state index contributed by atoms with van der Waals surface area (Å²) in [6.07, 6.45) is 3.68. The number of rotatable bonds is 3. The number of benzene rings is 1. The molecular formula is C16H21ClN4O2. The number of carbonyl (C=O) groups excluding carboxylic acids is 2. The van der Waals surface area contributed by atoms with Gasteiger partial charge in [0.25, 0.3) is 5.91 Å². The van der Waals surface area contributed by atoms with Crippen molar-refractivity contribution < 1.29 is 9.59 Å². The van der Waals surface area contributed by atoms with Crippen LogP contribution < -0.4 is 21.3 Å². The summed E-state index contributed by atoms with van der Waals surface area (Å²) >= 11 is 6.19. The fourth-order valence-electron chi connectivity index (χ4n) is 3.09. The van der Waals surface area contributed by atoms with E-state index in [4.69, 9.17) is 17.3 Å². The molecule has 7 heteroatoms. The standard InChI is InChI=1S/C16H21ClN4O2/c17-13-6-1-10(9-14(13)21-8-7-19-16(21)23)15(22)20-12-4-2-11(18)3-5-12/h1,6,9,11-12H,2-5,7-8,18H2,(H,19,23)(H,20,22). The quantitative estimate of drug-likeness (QED) is 0.787. The van der Waals surface area contributed by atoms with E-state index in [2.05, 4.69) is 10.6 Å². The molecule has 2 fully saturated rings. The van der Waals surface area contributed by atoms with Crippen molar-refractivity contribution >= 4 is 29.2 Å². The van der Waals surface area contributed by atoms with Crippen molar-refractivity contribution in [2.45, 2.75) is 37.8 Å². The second kappa shape index (κ2) is 6.76. The van der Waals surface area contributed by atoms with Gasteiger partial charge in [0.2, 0.25) is 0 Å². The second-order valence-electron chi connectivity index (χ2n) is 6.13. The lowest BCUT2D eigenvalue weighted by molar-refractivity contribution is 0.0926. The zero-order valence-electron chi connectivity index (χ0n) is 12.8. The number of amides is 3. The number of halogens is 1. The summed E-state index contributed by atoms with van der Waals surface area (Å²) < 4.78 is 0. The van der Waals surface area contributed by atoms with Crippen molar-refractivity contribution in [2.24, 2.45) is 5.73 Å². The lowest BCUT2D eigenvalue weighted by Crippen LogP contribution is -2.40. The third-order valence-corrected chi connectivity index (χ3v) is 4.78. The molecule has 1 saturated carbocycles. The van der Waals surface area contributed by atoms with Crippen LogP contribution in [0.15, 0.2) is 18.2 Å². The fourth-order valence-corrected chi connectivity index (χ4v) is 3.31. The Kier molecular flexibility index (Phi) is 4.73. The number of nitrogens with two attached hydrogens (primary N) is 1. The van der Waals surface area contributed by atoms with E-state index in [0.29, 0.717) is 29.4 Å². The van der Waals surface area contributed by atoms with Crippen LogP contribution in [0.3, 0.4) is 0 Å². The number of anilines is 1. The lowest BCUT2D eigenvalue weighted by Gasteiger charge is -2.27. The molecule has 0 atom stereocenters. The zero-order valence-corrected chi connectivity index (χ0v) is 13.6. The minimum Gasteiger partial charge on any atom is -0.349 e. The van der Waals surface area contributed by atoms with Crippen molar-refractivity contribution in [1.82, 2.24) is 10.6 Å². The molecule has 3 amide bonds. The Morgan fingerprint density at radius 2 is 2.04 bits per heavy atom. The Bertz CT molecular complexity index is 614. The van der Waals surface area contributed by atoms with E-state index in [1.54, 1.807) is 23.1 Å². The molecule has 3 rings (SSSR count). The number of urea groups is 1. The Morgan fingerprint density at radius 3 is 2.70 bits per heavy atom. The highest BCUT2D eigenvalue weighted by Gasteiger charge is 2.25. The molecule has 0 bridgehead atoms. The third-order valence-electron chi connectivity index (χ3n) is 4.46. The fraction of sp³-hybridized carbons (Fsp3) is 0.500. The maximum absolute atomic E-state index is 12.4. The van der Waals surface area contributed by atoms with Crippen LogP contribution in [-0.2, 0) is 0 Å². The van der Waals surface area contributed by atoms with E-state index >= 15 is 0 Å². The van der Waals surface area contributed by atoms with Gasteiger partial charge in [0.05, 0.1) is 10.7 Å². The van der Waals surface area contributed by atoms with Crippen molar-refractivity contribution in [3.05, 3.63) is 28.8 Å². The normalized spacial score (nSPS) is 24.4. The number of nitrogens with zero attached hydrogens (tertiary/aromatic N) is 1. The Morgan fingerprint density at radius 1 is 1.30 bits per heavy atom. The first-order chi connectivity index (χ1) is 11.0. The summed E-state index contributed by atoms with van der Waals surface area (Å²) in [6.45, 7) is 1.12. The molecule has 1 aliphatic heterocycles. The van der Waals surface area contributed by atoms with Crippen LogP contribution in [0.4, 0.5) is 10.5 Å². The Labute approximate surface area is 140 Å². The highest BCUT2D eigenvalue weighted by Crippen LogP contribution is 2.28. The van der Waals surface area contributed by atoms with Crippen LogP contribution in [0, 0.1) is 0 Å². The topological polar surface area (TPSA) is 87.5 Å².